The van der Waals surface area contributed by atoms with Gasteiger partial charge in [-0.05, 0) is 27.9 Å². The van der Waals surface area contributed by atoms with E-state index >= 15 is 0 Å². The van der Waals surface area contributed by atoms with E-state index < -0.39 is 18.9 Å². The van der Waals surface area contributed by atoms with E-state index in [1.165, 1.54) is 3.76 Å². The number of hydrogen-bond acceptors (Lipinski definition) is 3. The molecule has 0 saturated carbocycles. The highest BCUT2D eigenvalue weighted by Gasteiger charge is 2.18. The number of amidine groups is 1. The molecule has 0 fully saturated rings. The average Bonchev–Trinajstić information content (AvgIpc) is 2.01. The second-order valence-electron chi connectivity index (χ2n) is 3.37. The topological polar surface area (TPSA) is 18.8 Å². The summed E-state index contributed by atoms with van der Waals surface area (Å²) in [6, 6.07) is 0. The molecule has 13 heavy (non-hydrogen) atoms. The third-order valence-electron chi connectivity index (χ3n) is 2.09. The molecule has 0 aromatic rings. The number of nitrogens with zero attached hydrogens (tertiary/aromatic N) is 3. The zero-order chi connectivity index (χ0) is 10.2. The molecule has 1 aliphatic rings. The van der Waals surface area contributed by atoms with Crippen molar-refractivity contribution in [3.8, 4) is 0 Å². The first-order valence-corrected chi connectivity index (χ1v) is 8.10. The van der Waals surface area contributed by atoms with Crippen molar-refractivity contribution in [3.05, 3.63) is 0 Å². The Kier molecular flexibility index (Phi) is 3.34. The molecule has 0 radical (unpaired) electrons. The van der Waals surface area contributed by atoms with Crippen molar-refractivity contribution >= 4 is 33.0 Å². The number of alkyl halides is 1. The lowest BCUT2D eigenvalue weighted by Crippen LogP contribution is -2.42. The van der Waals surface area contributed by atoms with Crippen LogP contribution in [0.4, 0.5) is 0 Å². The second-order valence-corrected chi connectivity index (χ2v) is 8.40. The molecular formula is C9H18IN3. The van der Waals surface area contributed by atoms with Crippen LogP contribution in [0.3, 0.4) is 0 Å². The van der Waals surface area contributed by atoms with Crippen LogP contribution in [0.15, 0.2) is 4.99 Å². The number of aliphatic imine (C=N–C) groups is 1. The maximum Gasteiger partial charge on any atom is 0.114 e. The van der Waals surface area contributed by atoms with Gasteiger partial charge in [-0.25, -0.2) is 0 Å². The Labute approximate surface area is 86.8 Å². The summed E-state index contributed by atoms with van der Waals surface area (Å²) in [6.45, 7) is 4.24. The smallest absolute Gasteiger partial charge is 0.114 e. The van der Waals surface area contributed by atoms with Gasteiger partial charge in [0.15, 0.2) is 0 Å². The summed E-state index contributed by atoms with van der Waals surface area (Å²) in [7, 11) is 6.26. The summed E-state index contributed by atoms with van der Waals surface area (Å²) in [5.41, 5.74) is 0. The van der Waals surface area contributed by atoms with E-state index in [1.54, 1.807) is 0 Å². The van der Waals surface area contributed by atoms with Crippen LogP contribution in [-0.2, 0) is 0 Å². The molecule has 1 atom stereocenters. The molecule has 4 heteroatoms. The lowest BCUT2D eigenvalue weighted by molar-refractivity contribution is 0.549. The van der Waals surface area contributed by atoms with Crippen molar-refractivity contribution in [3.63, 3.8) is 0 Å². The van der Waals surface area contributed by atoms with Crippen molar-refractivity contribution in [1.29, 1.82) is 0 Å². The fourth-order valence-corrected chi connectivity index (χ4v) is 5.42. The molecule has 1 rings (SSSR count). The van der Waals surface area contributed by atoms with Gasteiger partial charge in [0.05, 0.1) is 4.05 Å². The van der Waals surface area contributed by atoms with Crippen molar-refractivity contribution in [1.82, 2.24) is 9.80 Å². The number of rotatable bonds is 1. The SMILES string of the molecule is C=I1=C(N(C)C)N(C)C(C)=NC1C. The third-order valence-corrected chi connectivity index (χ3v) is 7.48. The quantitative estimate of drug-likeness (QED) is 0.412. The number of hydrogen-bond donors (Lipinski definition) is 0. The first-order chi connectivity index (χ1) is 5.95. The Balaban J connectivity index is 3.15. The van der Waals surface area contributed by atoms with Gasteiger partial charge in [-0.15, -0.1) is 0 Å². The molecule has 0 bridgehead atoms. The van der Waals surface area contributed by atoms with Gasteiger partial charge >= 0.3 is 0 Å². The van der Waals surface area contributed by atoms with Gasteiger partial charge in [0.25, 0.3) is 0 Å². The van der Waals surface area contributed by atoms with Crippen LogP contribution in [0, 0.1) is 0 Å². The first-order valence-electron chi connectivity index (χ1n) is 4.25. The van der Waals surface area contributed by atoms with Gasteiger partial charge in [0.1, 0.15) is 9.59 Å². The van der Waals surface area contributed by atoms with E-state index in [4.69, 9.17) is 0 Å². The highest BCUT2D eigenvalue weighted by atomic mass is 127. The van der Waals surface area contributed by atoms with Gasteiger partial charge in [0, 0.05) is 7.05 Å². The number of halogens is 1. The predicted molar refractivity (Wildman–Crippen MR) is 70.2 cm³/mol. The van der Waals surface area contributed by atoms with E-state index in [1.807, 2.05) is 0 Å². The van der Waals surface area contributed by atoms with Crippen LogP contribution in [0.5, 0.6) is 0 Å². The molecule has 0 aromatic carbocycles. The summed E-state index contributed by atoms with van der Waals surface area (Å²) in [5, 5.41) is 0. The Bertz CT molecular complexity index is 311. The summed E-state index contributed by atoms with van der Waals surface area (Å²) >= 11 is -1.30. The van der Waals surface area contributed by atoms with Crippen LogP contribution >= 0.6 is 18.9 Å². The molecule has 1 heterocycles. The fraction of sp³-hybridized carbons (Fsp3) is 0.667. The maximum atomic E-state index is 4.58. The van der Waals surface area contributed by atoms with Crippen molar-refractivity contribution < 1.29 is 0 Å². The predicted octanol–water partition coefficient (Wildman–Crippen LogP) is 1.28. The summed E-state index contributed by atoms with van der Waals surface area (Å²) < 4.78 is 6.13. The highest BCUT2D eigenvalue weighted by Crippen LogP contribution is 2.26. The second kappa shape index (κ2) is 3.96. The Morgan fingerprint density at radius 2 is 2.08 bits per heavy atom. The van der Waals surface area contributed by atoms with E-state index in [0.29, 0.717) is 4.05 Å². The van der Waals surface area contributed by atoms with Gasteiger partial charge < -0.3 is 4.90 Å². The maximum absolute atomic E-state index is 4.58. The van der Waals surface area contributed by atoms with Crippen LogP contribution < -0.4 is 0 Å². The van der Waals surface area contributed by atoms with E-state index in [-0.39, 0.29) is 0 Å². The molecule has 0 aliphatic carbocycles. The molecule has 0 aromatic heterocycles. The summed E-state index contributed by atoms with van der Waals surface area (Å²) in [6.07, 6.45) is 0. The van der Waals surface area contributed by atoms with E-state index in [0.717, 1.165) is 5.84 Å². The van der Waals surface area contributed by atoms with Gasteiger partial charge in [-0.3, -0.25) is 9.89 Å². The van der Waals surface area contributed by atoms with Gasteiger partial charge in [-0.1, -0.05) is 23.4 Å². The average molecular weight is 295 g/mol. The summed E-state index contributed by atoms with van der Waals surface area (Å²) in [5.74, 6) is 1.11. The highest BCUT2D eigenvalue weighted by molar-refractivity contribution is 14.2. The minimum atomic E-state index is -1.30. The first kappa shape index (κ1) is 11.0. The zero-order valence-corrected chi connectivity index (χ0v) is 11.2. The lowest BCUT2D eigenvalue weighted by atomic mass is 10.5. The monoisotopic (exact) mass is 295 g/mol. The molecule has 1 unspecified atom stereocenters. The zero-order valence-electron chi connectivity index (χ0n) is 9.00. The summed E-state index contributed by atoms with van der Waals surface area (Å²) in [4.78, 5) is 8.94. The normalized spacial score (nSPS) is 25.4. The van der Waals surface area contributed by atoms with Crippen molar-refractivity contribution in [2.75, 3.05) is 21.1 Å². The molecular weight excluding hydrogens is 277 g/mol. The van der Waals surface area contributed by atoms with E-state index in [2.05, 4.69) is 54.3 Å². The van der Waals surface area contributed by atoms with Crippen LogP contribution in [0.1, 0.15) is 13.8 Å². The lowest BCUT2D eigenvalue weighted by Gasteiger charge is -2.32. The Morgan fingerprint density at radius 3 is 2.54 bits per heavy atom. The molecule has 76 valence electrons. The standard InChI is InChI=1S/C9H18IN3/c1-7-10(3)9(12(4)5)13(6)8(2)11-7/h7H,3H2,1-2,4-6H3. The van der Waals surface area contributed by atoms with Crippen LogP contribution in [0.2, 0.25) is 0 Å². The largest absolute Gasteiger partial charge is 0.320 e. The van der Waals surface area contributed by atoms with Gasteiger partial charge in [-0.2, -0.15) is 0 Å². The Morgan fingerprint density at radius 1 is 1.54 bits per heavy atom. The molecule has 0 amide bonds. The third kappa shape index (κ3) is 2.04. The van der Waals surface area contributed by atoms with Crippen molar-refractivity contribution in [2.24, 2.45) is 4.99 Å². The molecule has 0 saturated heterocycles. The minimum Gasteiger partial charge on any atom is -0.320 e. The van der Waals surface area contributed by atoms with Gasteiger partial charge in [0.2, 0.25) is 0 Å². The van der Waals surface area contributed by atoms with E-state index in [9.17, 15) is 0 Å². The fourth-order valence-electron chi connectivity index (χ4n) is 1.36. The van der Waals surface area contributed by atoms with Crippen LogP contribution in [0.25, 0.3) is 0 Å². The molecule has 0 spiro atoms. The Hall–Kier alpha value is -0.100. The molecule has 0 N–H and O–H groups in total. The molecule has 3 nitrogen and oxygen atoms in total. The molecule has 1 aliphatic heterocycles. The van der Waals surface area contributed by atoms with Crippen molar-refractivity contribution in [2.45, 2.75) is 17.9 Å². The van der Waals surface area contributed by atoms with Crippen LogP contribution in [-0.4, -0.2) is 49.1 Å². The minimum absolute atomic E-state index is 0.442.